The zero-order valence-electron chi connectivity index (χ0n) is 14.1. The number of primary amides is 1. The maximum atomic E-state index is 12.7. The van der Waals surface area contributed by atoms with E-state index in [2.05, 4.69) is 11.0 Å². The standard InChI is InChI=1S/C18H23N3O3S/c19-18(23)14-5-7-21(8-6-14)17(22)13-20(11-15-3-1-9-24-15)12-16-4-2-10-25-16/h1-4,9-10,14H,5-8,11-13H2,(H2,19,23). The van der Waals surface area contributed by atoms with Crippen LogP contribution in [0.25, 0.3) is 0 Å². The monoisotopic (exact) mass is 361 g/mol. The van der Waals surface area contributed by atoms with Crippen molar-refractivity contribution in [2.75, 3.05) is 19.6 Å². The van der Waals surface area contributed by atoms with Crippen LogP contribution in [0.4, 0.5) is 0 Å². The third-order valence-electron chi connectivity index (χ3n) is 4.53. The van der Waals surface area contributed by atoms with Gasteiger partial charge < -0.3 is 15.1 Å². The lowest BCUT2D eigenvalue weighted by Gasteiger charge is -2.32. The van der Waals surface area contributed by atoms with E-state index in [9.17, 15) is 9.59 Å². The largest absolute Gasteiger partial charge is 0.468 e. The number of thiophene rings is 1. The van der Waals surface area contributed by atoms with E-state index in [4.69, 9.17) is 10.2 Å². The highest BCUT2D eigenvalue weighted by atomic mass is 32.1. The molecule has 0 bridgehead atoms. The first kappa shape index (κ1) is 17.7. The van der Waals surface area contributed by atoms with Gasteiger partial charge in [0.05, 0.1) is 19.4 Å². The molecule has 134 valence electrons. The molecular weight excluding hydrogens is 338 g/mol. The Morgan fingerprint density at radius 2 is 2.04 bits per heavy atom. The van der Waals surface area contributed by atoms with Crippen molar-refractivity contribution in [3.63, 3.8) is 0 Å². The molecule has 2 amide bonds. The van der Waals surface area contributed by atoms with Crippen molar-refractivity contribution in [2.24, 2.45) is 11.7 Å². The van der Waals surface area contributed by atoms with Crippen LogP contribution in [0.15, 0.2) is 40.3 Å². The lowest BCUT2D eigenvalue weighted by molar-refractivity contribution is -0.136. The minimum absolute atomic E-state index is 0.0889. The summed E-state index contributed by atoms with van der Waals surface area (Å²) in [6.45, 7) is 2.83. The van der Waals surface area contributed by atoms with E-state index in [-0.39, 0.29) is 17.7 Å². The van der Waals surface area contributed by atoms with E-state index in [1.165, 1.54) is 4.88 Å². The number of furan rings is 1. The van der Waals surface area contributed by atoms with Gasteiger partial charge in [-0.2, -0.15) is 0 Å². The van der Waals surface area contributed by atoms with Gasteiger partial charge in [-0.15, -0.1) is 11.3 Å². The maximum absolute atomic E-state index is 12.7. The molecule has 0 unspecified atom stereocenters. The van der Waals surface area contributed by atoms with E-state index >= 15 is 0 Å². The Bertz CT molecular complexity index is 640. The van der Waals surface area contributed by atoms with Crippen LogP contribution in [0.3, 0.4) is 0 Å². The number of nitrogens with two attached hydrogens (primary N) is 1. The van der Waals surface area contributed by atoms with E-state index in [1.54, 1.807) is 17.6 Å². The molecule has 2 aromatic rings. The molecule has 1 aliphatic rings. The van der Waals surface area contributed by atoms with E-state index in [0.717, 1.165) is 5.76 Å². The van der Waals surface area contributed by atoms with Gasteiger partial charge in [0.1, 0.15) is 5.76 Å². The summed E-state index contributed by atoms with van der Waals surface area (Å²) < 4.78 is 5.44. The summed E-state index contributed by atoms with van der Waals surface area (Å²) in [6.07, 6.45) is 2.96. The highest BCUT2D eigenvalue weighted by molar-refractivity contribution is 7.09. The summed E-state index contributed by atoms with van der Waals surface area (Å²) in [6, 6.07) is 7.86. The minimum atomic E-state index is -0.260. The molecule has 1 aliphatic heterocycles. The van der Waals surface area contributed by atoms with Crippen LogP contribution in [-0.4, -0.2) is 41.2 Å². The van der Waals surface area contributed by atoms with E-state index < -0.39 is 0 Å². The first-order valence-electron chi connectivity index (χ1n) is 8.46. The van der Waals surface area contributed by atoms with Gasteiger partial charge in [0.2, 0.25) is 11.8 Å². The van der Waals surface area contributed by atoms with Gasteiger partial charge in [0, 0.05) is 30.4 Å². The third-order valence-corrected chi connectivity index (χ3v) is 5.39. The molecule has 1 saturated heterocycles. The number of hydrogen-bond acceptors (Lipinski definition) is 5. The Labute approximate surface area is 151 Å². The highest BCUT2D eigenvalue weighted by Gasteiger charge is 2.27. The first-order chi connectivity index (χ1) is 12.1. The fourth-order valence-electron chi connectivity index (χ4n) is 3.12. The molecule has 0 aromatic carbocycles. The van der Waals surface area contributed by atoms with Gasteiger partial charge in [-0.1, -0.05) is 6.07 Å². The van der Waals surface area contributed by atoms with Crippen molar-refractivity contribution in [3.05, 3.63) is 46.5 Å². The van der Waals surface area contributed by atoms with Gasteiger partial charge in [0.15, 0.2) is 0 Å². The lowest BCUT2D eigenvalue weighted by atomic mass is 9.96. The quantitative estimate of drug-likeness (QED) is 0.819. The molecule has 3 heterocycles. The first-order valence-corrected chi connectivity index (χ1v) is 9.34. The molecule has 2 N–H and O–H groups in total. The highest BCUT2D eigenvalue weighted by Crippen LogP contribution is 2.18. The number of nitrogens with zero attached hydrogens (tertiary/aromatic N) is 2. The van der Waals surface area contributed by atoms with Crippen LogP contribution in [-0.2, 0) is 22.7 Å². The molecule has 7 heteroatoms. The van der Waals surface area contributed by atoms with Crippen molar-refractivity contribution < 1.29 is 14.0 Å². The summed E-state index contributed by atoms with van der Waals surface area (Å²) in [5.74, 6) is 0.571. The van der Waals surface area contributed by atoms with Gasteiger partial charge >= 0.3 is 0 Å². The lowest BCUT2D eigenvalue weighted by Crippen LogP contribution is -2.45. The molecule has 0 atom stereocenters. The average Bonchev–Trinajstić information content (AvgIpc) is 3.29. The fraction of sp³-hybridized carbons (Fsp3) is 0.444. The second-order valence-electron chi connectivity index (χ2n) is 6.36. The SMILES string of the molecule is NC(=O)C1CCN(C(=O)CN(Cc2ccco2)Cc2cccs2)CC1. The fourth-order valence-corrected chi connectivity index (χ4v) is 3.86. The summed E-state index contributed by atoms with van der Waals surface area (Å²) >= 11 is 1.68. The smallest absolute Gasteiger partial charge is 0.236 e. The molecule has 0 aliphatic carbocycles. The number of carbonyl (C=O) groups is 2. The molecule has 6 nitrogen and oxygen atoms in total. The van der Waals surface area contributed by atoms with E-state index in [1.807, 2.05) is 28.5 Å². The van der Waals surface area contributed by atoms with Crippen molar-refractivity contribution in [1.29, 1.82) is 0 Å². The number of carbonyl (C=O) groups excluding carboxylic acids is 2. The molecule has 0 radical (unpaired) electrons. The molecule has 3 rings (SSSR count). The molecule has 25 heavy (non-hydrogen) atoms. The predicted octanol–water partition coefficient (Wildman–Crippen LogP) is 2.07. The minimum Gasteiger partial charge on any atom is -0.468 e. The number of piperidine rings is 1. The molecule has 0 saturated carbocycles. The van der Waals surface area contributed by atoms with Gasteiger partial charge in [-0.05, 0) is 36.4 Å². The molecule has 1 fully saturated rings. The molecule has 0 spiro atoms. The van der Waals surface area contributed by atoms with Gasteiger partial charge in [-0.25, -0.2) is 0 Å². The average molecular weight is 361 g/mol. The van der Waals surface area contributed by atoms with Gasteiger partial charge in [0.25, 0.3) is 0 Å². The van der Waals surface area contributed by atoms with Gasteiger partial charge in [-0.3, -0.25) is 14.5 Å². The summed E-state index contributed by atoms with van der Waals surface area (Å²) in [4.78, 5) is 29.1. The topological polar surface area (TPSA) is 79.8 Å². The van der Waals surface area contributed by atoms with Crippen LogP contribution >= 0.6 is 11.3 Å². The van der Waals surface area contributed by atoms with Crippen molar-refractivity contribution >= 4 is 23.2 Å². The van der Waals surface area contributed by atoms with Crippen molar-refractivity contribution in [3.8, 4) is 0 Å². The Hall–Kier alpha value is -2.12. The number of likely N-dealkylation sites (tertiary alicyclic amines) is 1. The second-order valence-corrected chi connectivity index (χ2v) is 7.39. The summed E-state index contributed by atoms with van der Waals surface area (Å²) in [5, 5.41) is 2.04. The number of rotatable bonds is 7. The Balaban J connectivity index is 1.59. The molecular formula is C18H23N3O3S. The normalized spacial score (nSPS) is 15.6. The number of hydrogen-bond donors (Lipinski definition) is 1. The second kappa shape index (κ2) is 8.31. The number of amides is 2. The van der Waals surface area contributed by atoms with Crippen molar-refractivity contribution in [1.82, 2.24) is 9.80 Å². The predicted molar refractivity (Wildman–Crippen MR) is 95.6 cm³/mol. The maximum Gasteiger partial charge on any atom is 0.236 e. The molecule has 2 aromatic heterocycles. The third kappa shape index (κ3) is 4.93. The zero-order chi connectivity index (χ0) is 17.6. The van der Waals surface area contributed by atoms with Crippen LogP contribution < -0.4 is 5.73 Å². The van der Waals surface area contributed by atoms with Crippen molar-refractivity contribution in [2.45, 2.75) is 25.9 Å². The summed E-state index contributed by atoms with van der Waals surface area (Å²) in [5.41, 5.74) is 5.36. The van der Waals surface area contributed by atoms with Crippen LogP contribution in [0.2, 0.25) is 0 Å². The van der Waals surface area contributed by atoms with Crippen LogP contribution in [0.1, 0.15) is 23.5 Å². The zero-order valence-corrected chi connectivity index (χ0v) is 14.9. The Morgan fingerprint density at radius 1 is 1.24 bits per heavy atom. The van der Waals surface area contributed by atoms with E-state index in [0.29, 0.717) is 45.6 Å². The Morgan fingerprint density at radius 3 is 2.64 bits per heavy atom. The van der Waals surface area contributed by atoms with Crippen LogP contribution in [0, 0.1) is 5.92 Å². The Kier molecular flexibility index (Phi) is 5.88. The summed E-state index contributed by atoms with van der Waals surface area (Å²) in [7, 11) is 0. The van der Waals surface area contributed by atoms with Crippen LogP contribution in [0.5, 0.6) is 0 Å².